The number of carbonyl (C=O) groups excluding carboxylic acids is 1. The highest BCUT2D eigenvalue weighted by atomic mass is 35.5. The summed E-state index contributed by atoms with van der Waals surface area (Å²) in [6.07, 6.45) is 1.04. The molecular formula is C12H16ClNO3S. The maximum absolute atomic E-state index is 11.9. The Morgan fingerprint density at radius 3 is 2.67 bits per heavy atom. The molecule has 0 atom stereocenters. The molecule has 1 rings (SSSR count). The number of halogens is 1. The lowest BCUT2D eigenvalue weighted by molar-refractivity contribution is -0.138. The van der Waals surface area contributed by atoms with Crippen LogP contribution in [0.5, 0.6) is 0 Å². The summed E-state index contributed by atoms with van der Waals surface area (Å²) in [6.45, 7) is 2.66. The van der Waals surface area contributed by atoms with Crippen molar-refractivity contribution in [2.24, 2.45) is 0 Å². The van der Waals surface area contributed by atoms with Crippen LogP contribution in [0.15, 0.2) is 11.4 Å². The van der Waals surface area contributed by atoms with Crippen LogP contribution in [0.25, 0.3) is 0 Å². The lowest BCUT2D eigenvalue weighted by atomic mass is 10.2. The fourth-order valence-corrected chi connectivity index (χ4v) is 2.64. The first-order valence-electron chi connectivity index (χ1n) is 5.75. The number of thiophene rings is 1. The lowest BCUT2D eigenvalue weighted by Gasteiger charge is -2.19. The molecule has 0 saturated heterocycles. The SMILES string of the molecule is CCN(CCC(=O)O)C(=O)CCc1cc(Cl)cs1. The molecule has 0 aliphatic carbocycles. The van der Waals surface area contributed by atoms with Gasteiger partial charge in [0, 0.05) is 29.8 Å². The molecule has 0 fully saturated rings. The summed E-state index contributed by atoms with van der Waals surface area (Å²) in [4.78, 5) is 25.0. The molecule has 0 bridgehead atoms. The van der Waals surface area contributed by atoms with Crippen molar-refractivity contribution in [2.75, 3.05) is 13.1 Å². The minimum absolute atomic E-state index is 0.00951. The van der Waals surface area contributed by atoms with Crippen LogP contribution in [-0.2, 0) is 16.0 Å². The van der Waals surface area contributed by atoms with Crippen LogP contribution in [-0.4, -0.2) is 35.0 Å². The molecule has 0 spiro atoms. The van der Waals surface area contributed by atoms with E-state index >= 15 is 0 Å². The normalized spacial score (nSPS) is 10.3. The molecule has 0 aliphatic heterocycles. The highest BCUT2D eigenvalue weighted by Gasteiger charge is 2.13. The van der Waals surface area contributed by atoms with Gasteiger partial charge < -0.3 is 10.0 Å². The Bertz CT molecular complexity index is 419. The van der Waals surface area contributed by atoms with E-state index in [-0.39, 0.29) is 18.9 Å². The summed E-state index contributed by atoms with van der Waals surface area (Å²) in [6, 6.07) is 1.85. The van der Waals surface area contributed by atoms with Gasteiger partial charge in [-0.2, -0.15) is 0 Å². The number of hydrogen-bond donors (Lipinski definition) is 1. The molecule has 1 amide bonds. The highest BCUT2D eigenvalue weighted by Crippen LogP contribution is 2.20. The number of aryl methyl sites for hydroxylation is 1. The second kappa shape index (κ2) is 7.38. The summed E-state index contributed by atoms with van der Waals surface area (Å²) in [5.74, 6) is -0.894. The summed E-state index contributed by atoms with van der Waals surface area (Å²) in [5.41, 5.74) is 0. The van der Waals surface area contributed by atoms with Crippen molar-refractivity contribution >= 4 is 34.8 Å². The molecule has 0 unspecified atom stereocenters. The molecule has 0 saturated carbocycles. The van der Waals surface area contributed by atoms with E-state index in [0.29, 0.717) is 24.4 Å². The van der Waals surface area contributed by atoms with E-state index in [4.69, 9.17) is 16.7 Å². The van der Waals surface area contributed by atoms with Crippen LogP contribution in [0.2, 0.25) is 5.02 Å². The van der Waals surface area contributed by atoms with Gasteiger partial charge in [0.15, 0.2) is 0 Å². The molecule has 18 heavy (non-hydrogen) atoms. The summed E-state index contributed by atoms with van der Waals surface area (Å²) >= 11 is 7.33. The van der Waals surface area contributed by atoms with Crippen LogP contribution in [0, 0.1) is 0 Å². The van der Waals surface area contributed by atoms with Crippen molar-refractivity contribution in [2.45, 2.75) is 26.2 Å². The van der Waals surface area contributed by atoms with Crippen LogP contribution in [0.3, 0.4) is 0 Å². The molecule has 0 aliphatic rings. The zero-order chi connectivity index (χ0) is 13.5. The smallest absolute Gasteiger partial charge is 0.305 e. The Hall–Kier alpha value is -1.07. The second-order valence-electron chi connectivity index (χ2n) is 3.85. The molecule has 0 radical (unpaired) electrons. The standard InChI is InChI=1S/C12H16ClNO3S/c1-2-14(6-5-12(16)17)11(15)4-3-10-7-9(13)8-18-10/h7-8H,2-6H2,1H3,(H,16,17). The van der Waals surface area contributed by atoms with E-state index < -0.39 is 5.97 Å². The summed E-state index contributed by atoms with van der Waals surface area (Å²) < 4.78 is 0. The van der Waals surface area contributed by atoms with E-state index in [1.54, 1.807) is 4.90 Å². The molecule has 4 nitrogen and oxygen atoms in total. The minimum Gasteiger partial charge on any atom is -0.481 e. The monoisotopic (exact) mass is 289 g/mol. The van der Waals surface area contributed by atoms with Crippen molar-refractivity contribution < 1.29 is 14.7 Å². The minimum atomic E-state index is -0.883. The van der Waals surface area contributed by atoms with Gasteiger partial charge in [-0.1, -0.05) is 11.6 Å². The van der Waals surface area contributed by atoms with Gasteiger partial charge in [-0.25, -0.2) is 0 Å². The van der Waals surface area contributed by atoms with Gasteiger partial charge in [0.25, 0.3) is 0 Å². The summed E-state index contributed by atoms with van der Waals surface area (Å²) in [7, 11) is 0. The van der Waals surface area contributed by atoms with Crippen molar-refractivity contribution in [1.29, 1.82) is 0 Å². The topological polar surface area (TPSA) is 57.6 Å². The average molecular weight is 290 g/mol. The second-order valence-corrected chi connectivity index (χ2v) is 5.28. The van der Waals surface area contributed by atoms with Crippen LogP contribution >= 0.6 is 22.9 Å². The molecule has 0 aromatic carbocycles. The van der Waals surface area contributed by atoms with Gasteiger partial charge in [-0.05, 0) is 19.4 Å². The average Bonchev–Trinajstić information content (AvgIpc) is 2.73. The maximum atomic E-state index is 11.9. The molecule has 100 valence electrons. The van der Waals surface area contributed by atoms with E-state index in [1.807, 2.05) is 18.4 Å². The molecule has 1 aromatic rings. The fourth-order valence-electron chi connectivity index (χ4n) is 1.56. The highest BCUT2D eigenvalue weighted by molar-refractivity contribution is 7.10. The zero-order valence-corrected chi connectivity index (χ0v) is 11.8. The Morgan fingerprint density at radius 1 is 1.44 bits per heavy atom. The molecule has 1 N–H and O–H groups in total. The van der Waals surface area contributed by atoms with Crippen LogP contribution in [0.4, 0.5) is 0 Å². The van der Waals surface area contributed by atoms with Crippen LogP contribution < -0.4 is 0 Å². The molecule has 1 aromatic heterocycles. The summed E-state index contributed by atoms with van der Waals surface area (Å²) in [5, 5.41) is 11.1. The quantitative estimate of drug-likeness (QED) is 0.839. The van der Waals surface area contributed by atoms with E-state index in [1.165, 1.54) is 11.3 Å². The predicted molar refractivity (Wildman–Crippen MR) is 72.2 cm³/mol. The Labute approximate surface area is 115 Å². The van der Waals surface area contributed by atoms with Gasteiger partial charge in [0.05, 0.1) is 11.4 Å². The van der Waals surface area contributed by atoms with Crippen molar-refractivity contribution in [1.82, 2.24) is 4.90 Å². The number of carbonyl (C=O) groups is 2. The zero-order valence-electron chi connectivity index (χ0n) is 10.2. The number of rotatable bonds is 7. The van der Waals surface area contributed by atoms with Crippen molar-refractivity contribution in [3.05, 3.63) is 21.3 Å². The molecule has 1 heterocycles. The largest absolute Gasteiger partial charge is 0.481 e. The van der Waals surface area contributed by atoms with Gasteiger partial charge in [0.2, 0.25) is 5.91 Å². The van der Waals surface area contributed by atoms with E-state index in [2.05, 4.69) is 0 Å². The van der Waals surface area contributed by atoms with E-state index in [0.717, 1.165) is 4.88 Å². The number of amides is 1. The number of hydrogen-bond acceptors (Lipinski definition) is 3. The van der Waals surface area contributed by atoms with E-state index in [9.17, 15) is 9.59 Å². The van der Waals surface area contributed by atoms with Gasteiger partial charge in [-0.3, -0.25) is 9.59 Å². The fraction of sp³-hybridized carbons (Fsp3) is 0.500. The maximum Gasteiger partial charge on any atom is 0.305 e. The van der Waals surface area contributed by atoms with Gasteiger partial charge in [-0.15, -0.1) is 11.3 Å². The van der Waals surface area contributed by atoms with Gasteiger partial charge >= 0.3 is 5.97 Å². The first-order valence-corrected chi connectivity index (χ1v) is 7.01. The molecule has 6 heteroatoms. The predicted octanol–water partition coefficient (Wildman–Crippen LogP) is 2.66. The third-order valence-corrected chi connectivity index (χ3v) is 3.88. The Kier molecular flexibility index (Phi) is 6.15. The third kappa shape index (κ3) is 5.06. The first-order chi connectivity index (χ1) is 8.52. The Balaban J connectivity index is 2.39. The van der Waals surface area contributed by atoms with Crippen molar-refractivity contribution in [3.63, 3.8) is 0 Å². The molecular weight excluding hydrogens is 274 g/mol. The number of carboxylic acid groups (broad SMARTS) is 1. The first kappa shape index (κ1) is 15.0. The third-order valence-electron chi connectivity index (χ3n) is 2.54. The number of nitrogens with zero attached hydrogens (tertiary/aromatic N) is 1. The number of carboxylic acids is 1. The Morgan fingerprint density at radius 2 is 2.17 bits per heavy atom. The lowest BCUT2D eigenvalue weighted by Crippen LogP contribution is -2.32. The number of aliphatic carboxylic acids is 1. The van der Waals surface area contributed by atoms with Gasteiger partial charge in [0.1, 0.15) is 0 Å². The van der Waals surface area contributed by atoms with Crippen molar-refractivity contribution in [3.8, 4) is 0 Å². The van der Waals surface area contributed by atoms with Crippen LogP contribution in [0.1, 0.15) is 24.6 Å².